The van der Waals surface area contributed by atoms with Gasteiger partial charge in [0, 0.05) is 48.8 Å². The second-order valence-corrected chi connectivity index (χ2v) is 8.62. The van der Waals surface area contributed by atoms with E-state index in [-0.39, 0.29) is 10.7 Å². The molecule has 0 bridgehead atoms. The molecule has 1 heterocycles. The molecule has 0 spiro atoms. The van der Waals surface area contributed by atoms with Crippen molar-refractivity contribution < 1.29 is 9.53 Å². The number of nitrogens with one attached hydrogen (secondary N) is 2. The van der Waals surface area contributed by atoms with Crippen LogP contribution < -0.4 is 15.4 Å². The Kier molecular flexibility index (Phi) is 7.63. The van der Waals surface area contributed by atoms with Gasteiger partial charge in [-0.3, -0.25) is 4.79 Å². The predicted molar refractivity (Wildman–Crippen MR) is 110 cm³/mol. The van der Waals surface area contributed by atoms with E-state index in [0.29, 0.717) is 13.2 Å². The summed E-state index contributed by atoms with van der Waals surface area (Å²) in [5, 5.41) is 6.14. The van der Waals surface area contributed by atoms with Crippen LogP contribution in [0.2, 0.25) is 0 Å². The van der Waals surface area contributed by atoms with Crippen LogP contribution in [0.3, 0.4) is 0 Å². The highest BCUT2D eigenvalue weighted by atomic mass is 32.2. The maximum atomic E-state index is 11.1. The molecule has 0 aromatic heterocycles. The standard InChI is InChI=1S/C19H30N4O2S/c1-5-20-18(23-10-12-26-19(3,4)14-23)21-9-11-25-17-8-6-7-16(13-17)22-15(2)24/h6-8,13H,5,9-12,14H2,1-4H3,(H,20,21)(H,22,24). The van der Waals surface area contributed by atoms with Crippen LogP contribution in [0, 0.1) is 0 Å². The first-order chi connectivity index (χ1) is 12.4. The average Bonchev–Trinajstić information content (AvgIpc) is 2.56. The first kappa shape index (κ1) is 20.4. The minimum Gasteiger partial charge on any atom is -0.492 e. The van der Waals surface area contributed by atoms with Crippen LogP contribution >= 0.6 is 11.8 Å². The lowest BCUT2D eigenvalue weighted by Gasteiger charge is -2.39. The van der Waals surface area contributed by atoms with Crippen molar-refractivity contribution in [3.05, 3.63) is 24.3 Å². The lowest BCUT2D eigenvalue weighted by molar-refractivity contribution is -0.114. The molecule has 6 nitrogen and oxygen atoms in total. The summed E-state index contributed by atoms with van der Waals surface area (Å²) in [6, 6.07) is 7.40. The van der Waals surface area contributed by atoms with Gasteiger partial charge in [-0.25, -0.2) is 4.99 Å². The molecular weight excluding hydrogens is 348 g/mol. The van der Waals surface area contributed by atoms with Crippen LogP contribution in [0.1, 0.15) is 27.7 Å². The largest absolute Gasteiger partial charge is 0.492 e. The molecule has 26 heavy (non-hydrogen) atoms. The summed E-state index contributed by atoms with van der Waals surface area (Å²) in [6.45, 7) is 12.1. The second-order valence-electron chi connectivity index (χ2n) is 6.82. The summed E-state index contributed by atoms with van der Waals surface area (Å²) >= 11 is 2.01. The number of hydrogen-bond donors (Lipinski definition) is 2. The van der Waals surface area contributed by atoms with Crippen molar-refractivity contribution in [3.8, 4) is 5.75 Å². The van der Waals surface area contributed by atoms with Gasteiger partial charge in [0.2, 0.25) is 5.91 Å². The molecule has 1 aromatic carbocycles. The quantitative estimate of drug-likeness (QED) is 0.453. The Morgan fingerprint density at radius 1 is 1.42 bits per heavy atom. The van der Waals surface area contributed by atoms with Gasteiger partial charge >= 0.3 is 0 Å². The molecule has 1 fully saturated rings. The number of carbonyl (C=O) groups is 1. The Morgan fingerprint density at radius 2 is 2.23 bits per heavy atom. The molecule has 1 aromatic rings. The molecule has 0 saturated carbocycles. The van der Waals surface area contributed by atoms with Crippen molar-refractivity contribution in [2.24, 2.45) is 4.99 Å². The van der Waals surface area contributed by atoms with Gasteiger partial charge in [-0.15, -0.1) is 0 Å². The van der Waals surface area contributed by atoms with Gasteiger partial charge in [0.1, 0.15) is 12.4 Å². The zero-order chi connectivity index (χ0) is 19.0. The van der Waals surface area contributed by atoms with Crippen molar-refractivity contribution in [2.75, 3.05) is 43.9 Å². The number of thioether (sulfide) groups is 1. The van der Waals surface area contributed by atoms with E-state index in [0.717, 1.165) is 42.8 Å². The molecule has 0 radical (unpaired) electrons. The van der Waals surface area contributed by atoms with Crippen molar-refractivity contribution >= 4 is 29.3 Å². The van der Waals surface area contributed by atoms with Gasteiger partial charge in [-0.05, 0) is 32.9 Å². The van der Waals surface area contributed by atoms with E-state index in [4.69, 9.17) is 9.73 Å². The third-order valence-electron chi connectivity index (χ3n) is 3.84. The molecule has 1 aliphatic heterocycles. The first-order valence-corrected chi connectivity index (χ1v) is 10.1. The molecule has 2 rings (SSSR count). The molecule has 144 valence electrons. The highest BCUT2D eigenvalue weighted by Crippen LogP contribution is 2.29. The molecular formula is C19H30N4O2S. The maximum absolute atomic E-state index is 11.1. The SMILES string of the molecule is CCNC(=NCCOc1cccc(NC(C)=O)c1)N1CCSC(C)(C)C1. The van der Waals surface area contributed by atoms with E-state index in [1.54, 1.807) is 0 Å². The second kappa shape index (κ2) is 9.71. The fraction of sp³-hybridized carbons (Fsp3) is 0.579. The third kappa shape index (κ3) is 6.78. The summed E-state index contributed by atoms with van der Waals surface area (Å²) in [7, 11) is 0. The molecule has 0 unspecified atom stereocenters. The van der Waals surface area contributed by atoms with Gasteiger partial charge in [0.05, 0.1) is 6.54 Å². The molecule has 1 saturated heterocycles. The van der Waals surface area contributed by atoms with Gasteiger partial charge < -0.3 is 20.3 Å². The van der Waals surface area contributed by atoms with E-state index in [9.17, 15) is 4.79 Å². The van der Waals surface area contributed by atoms with Crippen molar-refractivity contribution in [2.45, 2.75) is 32.4 Å². The summed E-state index contributed by atoms with van der Waals surface area (Å²) in [5.74, 6) is 2.71. The number of amides is 1. The van der Waals surface area contributed by atoms with E-state index in [2.05, 4.69) is 36.3 Å². The number of aliphatic imine (C=N–C) groups is 1. The third-order valence-corrected chi connectivity index (χ3v) is 5.13. The summed E-state index contributed by atoms with van der Waals surface area (Å²) in [6.07, 6.45) is 0. The lowest BCUT2D eigenvalue weighted by Crippen LogP contribution is -2.51. The number of rotatable bonds is 6. The van der Waals surface area contributed by atoms with Crippen LogP contribution in [0.25, 0.3) is 0 Å². The Balaban J connectivity index is 1.89. The highest BCUT2D eigenvalue weighted by Gasteiger charge is 2.28. The van der Waals surface area contributed by atoms with Crippen LogP contribution in [0.5, 0.6) is 5.75 Å². The summed E-state index contributed by atoms with van der Waals surface area (Å²) in [5.41, 5.74) is 0.736. The fourth-order valence-corrected chi connectivity index (χ4v) is 3.92. The molecule has 2 N–H and O–H groups in total. The van der Waals surface area contributed by atoms with Crippen LogP contribution in [-0.4, -0.2) is 60.1 Å². The van der Waals surface area contributed by atoms with Gasteiger partial charge in [-0.1, -0.05) is 6.07 Å². The Hall–Kier alpha value is -1.89. The van der Waals surface area contributed by atoms with E-state index < -0.39 is 0 Å². The van der Waals surface area contributed by atoms with Crippen molar-refractivity contribution in [1.82, 2.24) is 10.2 Å². The van der Waals surface area contributed by atoms with E-state index in [1.807, 2.05) is 36.0 Å². The molecule has 1 amide bonds. The number of nitrogens with zero attached hydrogens (tertiary/aromatic N) is 2. The zero-order valence-corrected chi connectivity index (χ0v) is 17.0. The smallest absolute Gasteiger partial charge is 0.221 e. The van der Waals surface area contributed by atoms with Crippen molar-refractivity contribution in [1.29, 1.82) is 0 Å². The van der Waals surface area contributed by atoms with E-state index in [1.165, 1.54) is 6.92 Å². The Labute approximate surface area is 160 Å². The summed E-state index contributed by atoms with van der Waals surface area (Å²) < 4.78 is 6.02. The van der Waals surface area contributed by atoms with Crippen LogP contribution in [0.15, 0.2) is 29.3 Å². The highest BCUT2D eigenvalue weighted by molar-refractivity contribution is 8.00. The lowest BCUT2D eigenvalue weighted by atomic mass is 10.2. The number of hydrogen-bond acceptors (Lipinski definition) is 4. The molecule has 0 atom stereocenters. The van der Waals surface area contributed by atoms with Crippen LogP contribution in [0.4, 0.5) is 5.69 Å². The maximum Gasteiger partial charge on any atom is 0.221 e. The molecule has 0 aliphatic carbocycles. The van der Waals surface area contributed by atoms with Gasteiger partial charge in [0.25, 0.3) is 0 Å². The zero-order valence-electron chi connectivity index (χ0n) is 16.2. The average molecular weight is 379 g/mol. The van der Waals surface area contributed by atoms with Gasteiger partial charge in [0.15, 0.2) is 5.96 Å². The van der Waals surface area contributed by atoms with E-state index >= 15 is 0 Å². The molecule has 1 aliphatic rings. The minimum atomic E-state index is -0.0929. The molecule has 7 heteroatoms. The number of benzene rings is 1. The van der Waals surface area contributed by atoms with Crippen LogP contribution in [-0.2, 0) is 4.79 Å². The number of guanidine groups is 1. The Bertz CT molecular complexity index is 634. The van der Waals surface area contributed by atoms with Crippen molar-refractivity contribution in [3.63, 3.8) is 0 Å². The summed E-state index contributed by atoms with van der Waals surface area (Å²) in [4.78, 5) is 18.2. The monoisotopic (exact) mass is 378 g/mol. The number of ether oxygens (including phenoxy) is 1. The number of carbonyl (C=O) groups excluding carboxylic acids is 1. The first-order valence-electron chi connectivity index (χ1n) is 9.07. The minimum absolute atomic E-state index is 0.0929. The topological polar surface area (TPSA) is 66.0 Å². The Morgan fingerprint density at radius 3 is 2.92 bits per heavy atom. The fourth-order valence-electron chi connectivity index (χ4n) is 2.81. The normalized spacial score (nSPS) is 16.9. The van der Waals surface area contributed by atoms with Gasteiger partial charge in [-0.2, -0.15) is 11.8 Å². The number of anilines is 1. The predicted octanol–water partition coefficient (Wildman–Crippen LogP) is 2.82.